The third-order valence-corrected chi connectivity index (χ3v) is 6.62. The van der Waals surface area contributed by atoms with Gasteiger partial charge in [0.1, 0.15) is 0 Å². The Morgan fingerprint density at radius 2 is 2.04 bits per heavy atom. The molecule has 0 saturated carbocycles. The summed E-state index contributed by atoms with van der Waals surface area (Å²) in [6.07, 6.45) is 3.33. The largest absolute Gasteiger partial charge is 0.366 e. The predicted molar refractivity (Wildman–Crippen MR) is 89.5 cm³/mol. The van der Waals surface area contributed by atoms with Crippen LogP contribution in [-0.4, -0.2) is 38.3 Å². The number of benzene rings is 1. The molecule has 1 fully saturated rings. The second-order valence-corrected chi connectivity index (χ2v) is 8.31. The number of hydrogen-bond acceptors (Lipinski definition) is 3. The van der Waals surface area contributed by atoms with Crippen LogP contribution in [-0.2, 0) is 16.6 Å². The molecule has 1 unspecified atom stereocenters. The molecular weight excluding hydrogens is 314 g/mol. The normalized spacial score (nSPS) is 22.7. The lowest BCUT2D eigenvalue weighted by atomic mass is 9.97. The van der Waals surface area contributed by atoms with E-state index in [9.17, 15) is 13.2 Å². The second-order valence-electron chi connectivity index (χ2n) is 6.46. The fourth-order valence-corrected chi connectivity index (χ4v) is 5.42. The van der Waals surface area contributed by atoms with Crippen molar-refractivity contribution in [2.24, 2.45) is 11.7 Å². The molecule has 0 bridgehead atoms. The molecule has 0 aliphatic carbocycles. The third-order valence-electron chi connectivity index (χ3n) is 4.70. The maximum atomic E-state index is 13.1. The van der Waals surface area contributed by atoms with Crippen LogP contribution in [0, 0.1) is 5.92 Å². The Hall–Kier alpha value is -1.60. The molecule has 126 valence electrons. The van der Waals surface area contributed by atoms with Crippen LogP contribution in [0.4, 0.5) is 5.69 Å². The fourth-order valence-electron chi connectivity index (χ4n) is 3.56. The van der Waals surface area contributed by atoms with Gasteiger partial charge in [0.25, 0.3) is 0 Å². The minimum absolute atomic E-state index is 0.375. The van der Waals surface area contributed by atoms with E-state index >= 15 is 0 Å². The van der Waals surface area contributed by atoms with Crippen LogP contribution in [0.3, 0.4) is 0 Å². The van der Waals surface area contributed by atoms with Crippen LogP contribution < -0.4 is 10.0 Å². The first kappa shape index (κ1) is 16.3. The summed E-state index contributed by atoms with van der Waals surface area (Å²) in [5, 5.41) is 0. The van der Waals surface area contributed by atoms with E-state index in [-0.39, 0.29) is 0 Å². The summed E-state index contributed by atoms with van der Waals surface area (Å²) in [5.74, 6) is -0.132. The SMILES string of the molecule is CC1CCCN(S(=O)(=O)N2CCCc3c(C(N)=O)cccc32)C1. The van der Waals surface area contributed by atoms with Gasteiger partial charge in [-0.1, -0.05) is 13.0 Å². The lowest BCUT2D eigenvalue weighted by Crippen LogP contribution is -2.49. The van der Waals surface area contributed by atoms with Crippen molar-refractivity contribution in [3.8, 4) is 0 Å². The molecule has 6 nitrogen and oxygen atoms in total. The minimum atomic E-state index is -3.56. The number of hydrogen-bond donors (Lipinski definition) is 1. The Balaban J connectivity index is 1.99. The smallest absolute Gasteiger partial charge is 0.304 e. The topological polar surface area (TPSA) is 83.7 Å². The van der Waals surface area contributed by atoms with E-state index in [0.29, 0.717) is 49.6 Å². The standard InChI is InChI=1S/C16H23N3O3S/c1-12-5-3-9-18(11-12)23(21,22)19-10-4-7-13-14(16(17)20)6-2-8-15(13)19/h2,6,8,12H,3-5,7,9-11H2,1H3,(H2,17,20). The van der Waals surface area contributed by atoms with Crippen molar-refractivity contribution in [2.45, 2.75) is 32.6 Å². The van der Waals surface area contributed by atoms with Crippen LogP contribution in [0.2, 0.25) is 0 Å². The highest BCUT2D eigenvalue weighted by Gasteiger charge is 2.35. The highest BCUT2D eigenvalue weighted by Crippen LogP contribution is 2.33. The van der Waals surface area contributed by atoms with Gasteiger partial charge in [-0.15, -0.1) is 0 Å². The van der Waals surface area contributed by atoms with Gasteiger partial charge in [-0.2, -0.15) is 12.7 Å². The molecule has 1 amide bonds. The van der Waals surface area contributed by atoms with Crippen molar-refractivity contribution < 1.29 is 13.2 Å². The number of fused-ring (bicyclic) bond motifs is 1. The molecule has 3 rings (SSSR count). The highest BCUT2D eigenvalue weighted by molar-refractivity contribution is 7.90. The zero-order chi connectivity index (χ0) is 16.6. The Kier molecular flexibility index (Phi) is 4.33. The lowest BCUT2D eigenvalue weighted by Gasteiger charge is -2.38. The summed E-state index contributed by atoms with van der Waals surface area (Å²) in [7, 11) is -3.56. The number of amides is 1. The molecule has 2 aliphatic heterocycles. The molecule has 1 aromatic carbocycles. The summed E-state index contributed by atoms with van der Waals surface area (Å²) < 4.78 is 29.2. The molecule has 23 heavy (non-hydrogen) atoms. The number of carbonyl (C=O) groups is 1. The molecule has 0 spiro atoms. The van der Waals surface area contributed by atoms with E-state index in [1.54, 1.807) is 22.5 Å². The number of anilines is 1. The van der Waals surface area contributed by atoms with Gasteiger partial charge in [0.2, 0.25) is 5.91 Å². The first-order chi connectivity index (χ1) is 10.9. The van der Waals surface area contributed by atoms with Crippen LogP contribution in [0.1, 0.15) is 42.1 Å². The molecule has 7 heteroatoms. The quantitative estimate of drug-likeness (QED) is 0.907. The predicted octanol–water partition coefficient (Wildman–Crippen LogP) is 1.51. The lowest BCUT2D eigenvalue weighted by molar-refractivity contribution is 0.0999. The van der Waals surface area contributed by atoms with Gasteiger partial charge in [-0.3, -0.25) is 9.10 Å². The first-order valence-corrected chi connectivity index (χ1v) is 9.50. The number of nitrogens with two attached hydrogens (primary N) is 1. The zero-order valence-electron chi connectivity index (χ0n) is 13.4. The van der Waals surface area contributed by atoms with E-state index in [1.165, 1.54) is 4.31 Å². The molecule has 2 heterocycles. The molecule has 0 aromatic heterocycles. The average Bonchev–Trinajstić information content (AvgIpc) is 2.53. The summed E-state index contributed by atoms with van der Waals surface area (Å²) in [6.45, 7) is 3.65. The first-order valence-electron chi connectivity index (χ1n) is 8.10. The van der Waals surface area contributed by atoms with Crippen LogP contribution in [0.15, 0.2) is 18.2 Å². The van der Waals surface area contributed by atoms with Gasteiger partial charge in [0.05, 0.1) is 5.69 Å². The molecule has 2 N–H and O–H groups in total. The van der Waals surface area contributed by atoms with Gasteiger partial charge in [0, 0.05) is 25.2 Å². The maximum absolute atomic E-state index is 13.1. The van der Waals surface area contributed by atoms with Crippen molar-refractivity contribution in [3.63, 3.8) is 0 Å². The van der Waals surface area contributed by atoms with Crippen molar-refractivity contribution in [1.29, 1.82) is 0 Å². The molecule has 2 aliphatic rings. The Morgan fingerprint density at radius 1 is 1.26 bits per heavy atom. The third kappa shape index (κ3) is 2.95. The molecule has 1 atom stereocenters. The Labute approximate surface area is 137 Å². The van der Waals surface area contributed by atoms with Gasteiger partial charge in [-0.25, -0.2) is 0 Å². The van der Waals surface area contributed by atoms with Crippen molar-refractivity contribution in [2.75, 3.05) is 23.9 Å². The summed E-state index contributed by atoms with van der Waals surface area (Å²) >= 11 is 0. The van der Waals surface area contributed by atoms with E-state index in [1.807, 2.05) is 0 Å². The average molecular weight is 337 g/mol. The number of rotatable bonds is 3. The Morgan fingerprint density at radius 3 is 2.74 bits per heavy atom. The number of nitrogens with zero attached hydrogens (tertiary/aromatic N) is 2. The van der Waals surface area contributed by atoms with Gasteiger partial charge >= 0.3 is 10.2 Å². The van der Waals surface area contributed by atoms with Gasteiger partial charge in [-0.05, 0) is 49.3 Å². The van der Waals surface area contributed by atoms with Crippen LogP contribution in [0.25, 0.3) is 0 Å². The fraction of sp³-hybridized carbons (Fsp3) is 0.562. The Bertz CT molecular complexity index is 717. The van der Waals surface area contributed by atoms with Crippen LogP contribution >= 0.6 is 0 Å². The zero-order valence-corrected chi connectivity index (χ0v) is 14.2. The summed E-state index contributed by atoms with van der Waals surface area (Å²) in [4.78, 5) is 11.6. The van der Waals surface area contributed by atoms with Crippen molar-refractivity contribution in [1.82, 2.24) is 4.31 Å². The molecule has 1 aromatic rings. The molecule has 0 radical (unpaired) electrons. The van der Waals surface area contributed by atoms with Gasteiger partial charge in [0.15, 0.2) is 0 Å². The summed E-state index contributed by atoms with van der Waals surface area (Å²) in [5.41, 5.74) is 7.21. The van der Waals surface area contributed by atoms with Crippen LogP contribution in [0.5, 0.6) is 0 Å². The second kappa shape index (κ2) is 6.13. The molecule has 1 saturated heterocycles. The maximum Gasteiger partial charge on any atom is 0.304 e. The van der Waals surface area contributed by atoms with Gasteiger partial charge < -0.3 is 5.73 Å². The van der Waals surface area contributed by atoms with E-state index in [2.05, 4.69) is 6.92 Å². The summed E-state index contributed by atoms with van der Waals surface area (Å²) in [6, 6.07) is 5.14. The molecular formula is C16H23N3O3S. The van der Waals surface area contributed by atoms with E-state index in [4.69, 9.17) is 5.73 Å². The highest BCUT2D eigenvalue weighted by atomic mass is 32.2. The van der Waals surface area contributed by atoms with E-state index < -0.39 is 16.1 Å². The number of primary amides is 1. The van der Waals surface area contributed by atoms with E-state index in [0.717, 1.165) is 18.4 Å². The number of piperidine rings is 1. The monoisotopic (exact) mass is 337 g/mol. The van der Waals surface area contributed by atoms with Crippen molar-refractivity contribution >= 4 is 21.8 Å². The van der Waals surface area contributed by atoms with Crippen molar-refractivity contribution in [3.05, 3.63) is 29.3 Å². The number of carbonyl (C=O) groups excluding carboxylic acids is 1. The minimum Gasteiger partial charge on any atom is -0.366 e.